The quantitative estimate of drug-likeness (QED) is 0.753. The van der Waals surface area contributed by atoms with Gasteiger partial charge in [0.2, 0.25) is 5.91 Å². The Morgan fingerprint density at radius 2 is 1.77 bits per heavy atom. The lowest BCUT2D eigenvalue weighted by Crippen LogP contribution is -3.17. The van der Waals surface area contributed by atoms with Crippen LogP contribution in [0.4, 0.5) is 5.69 Å². The summed E-state index contributed by atoms with van der Waals surface area (Å²) in [7, 11) is 0. The van der Waals surface area contributed by atoms with Gasteiger partial charge in [-0.25, -0.2) is 0 Å². The van der Waals surface area contributed by atoms with Crippen LogP contribution in [0.3, 0.4) is 0 Å². The molecule has 5 heteroatoms. The molecule has 120 valence electrons. The molecule has 0 aromatic heterocycles. The van der Waals surface area contributed by atoms with Crippen molar-refractivity contribution in [1.29, 1.82) is 0 Å². The smallest absolute Gasteiger partial charge is 0.282 e. The molecule has 1 fully saturated rings. The number of anilines is 1. The third-order valence-electron chi connectivity index (χ3n) is 4.77. The van der Waals surface area contributed by atoms with Crippen LogP contribution in [0.5, 0.6) is 0 Å². The van der Waals surface area contributed by atoms with Gasteiger partial charge in [0.05, 0.1) is 13.1 Å². The highest BCUT2D eigenvalue weighted by Crippen LogP contribution is 2.19. The van der Waals surface area contributed by atoms with Crippen LogP contribution >= 0.6 is 0 Å². The Balaban J connectivity index is 1.97. The van der Waals surface area contributed by atoms with Gasteiger partial charge in [-0.05, 0) is 31.9 Å². The summed E-state index contributed by atoms with van der Waals surface area (Å²) in [6.07, 6.45) is 1.54. The maximum atomic E-state index is 12.5. The summed E-state index contributed by atoms with van der Waals surface area (Å²) in [6, 6.07) is 5.86. The van der Waals surface area contributed by atoms with Gasteiger partial charge < -0.3 is 16.0 Å². The highest BCUT2D eigenvalue weighted by molar-refractivity contribution is 5.95. The van der Waals surface area contributed by atoms with Crippen LogP contribution in [-0.4, -0.2) is 30.9 Å². The van der Waals surface area contributed by atoms with E-state index in [9.17, 15) is 9.59 Å². The molecule has 0 aliphatic carbocycles. The van der Waals surface area contributed by atoms with Gasteiger partial charge in [0.25, 0.3) is 5.91 Å². The van der Waals surface area contributed by atoms with Gasteiger partial charge in [0.1, 0.15) is 0 Å². The van der Waals surface area contributed by atoms with E-state index in [0.717, 1.165) is 42.7 Å². The predicted octanol–water partition coefficient (Wildman–Crippen LogP) is 0.411. The second-order valence-corrected chi connectivity index (χ2v) is 6.31. The van der Waals surface area contributed by atoms with Crippen molar-refractivity contribution in [2.24, 2.45) is 11.7 Å². The summed E-state index contributed by atoms with van der Waals surface area (Å²) in [5.41, 5.74) is 8.41. The Morgan fingerprint density at radius 3 is 2.27 bits per heavy atom. The van der Waals surface area contributed by atoms with Gasteiger partial charge in [-0.15, -0.1) is 0 Å². The van der Waals surface area contributed by atoms with Crippen molar-refractivity contribution < 1.29 is 14.5 Å². The number of quaternary nitrogens is 1. The van der Waals surface area contributed by atoms with E-state index in [-0.39, 0.29) is 23.8 Å². The van der Waals surface area contributed by atoms with E-state index >= 15 is 0 Å². The number of hydrogen-bond donors (Lipinski definition) is 3. The second-order valence-electron chi connectivity index (χ2n) is 6.31. The van der Waals surface area contributed by atoms with Crippen LogP contribution in [0.2, 0.25) is 0 Å². The lowest BCUT2D eigenvalue weighted by molar-refractivity contribution is -0.919. The van der Waals surface area contributed by atoms with Crippen LogP contribution in [0.1, 0.15) is 30.9 Å². The molecular weight excluding hydrogens is 278 g/mol. The Kier molecular flexibility index (Phi) is 5.19. The molecule has 4 N–H and O–H groups in total. The molecule has 1 saturated heterocycles. The number of nitrogens with one attached hydrogen (secondary N) is 2. The van der Waals surface area contributed by atoms with E-state index in [1.165, 1.54) is 4.90 Å². The largest absolute Gasteiger partial charge is 0.369 e. The van der Waals surface area contributed by atoms with Crippen molar-refractivity contribution in [3.63, 3.8) is 0 Å². The van der Waals surface area contributed by atoms with Gasteiger partial charge in [-0.1, -0.05) is 18.2 Å². The average Bonchev–Trinajstić information content (AvgIpc) is 2.50. The minimum atomic E-state index is -0.216. The number of aryl methyl sites for hydroxylation is 2. The number of benzene rings is 1. The molecule has 22 heavy (non-hydrogen) atoms. The first-order valence-corrected chi connectivity index (χ1v) is 7.91. The van der Waals surface area contributed by atoms with E-state index in [1.807, 2.05) is 39.0 Å². The van der Waals surface area contributed by atoms with Crippen molar-refractivity contribution in [2.45, 2.75) is 39.7 Å². The maximum absolute atomic E-state index is 12.5. The number of nitrogens with two attached hydrogens (primary N) is 1. The van der Waals surface area contributed by atoms with Crippen molar-refractivity contribution in [3.8, 4) is 0 Å². The maximum Gasteiger partial charge on any atom is 0.282 e. The average molecular weight is 304 g/mol. The third-order valence-corrected chi connectivity index (χ3v) is 4.77. The van der Waals surface area contributed by atoms with E-state index in [2.05, 4.69) is 5.32 Å². The zero-order chi connectivity index (χ0) is 16.3. The molecule has 1 heterocycles. The van der Waals surface area contributed by atoms with E-state index in [0.29, 0.717) is 0 Å². The van der Waals surface area contributed by atoms with Gasteiger partial charge >= 0.3 is 0 Å². The fourth-order valence-electron chi connectivity index (χ4n) is 3.13. The molecular formula is C17H26N3O2+. The summed E-state index contributed by atoms with van der Waals surface area (Å²) >= 11 is 0. The van der Waals surface area contributed by atoms with Crippen LogP contribution < -0.4 is 16.0 Å². The molecule has 0 unspecified atom stereocenters. The number of primary amides is 1. The van der Waals surface area contributed by atoms with Gasteiger partial charge in [0.15, 0.2) is 6.04 Å². The molecule has 2 amide bonds. The normalized spacial score (nSPS) is 22.9. The molecule has 1 aromatic rings. The number of amides is 2. The number of piperidine rings is 1. The molecule has 0 spiro atoms. The molecule has 0 radical (unpaired) electrons. The highest BCUT2D eigenvalue weighted by Gasteiger charge is 2.32. The van der Waals surface area contributed by atoms with Gasteiger partial charge in [-0.3, -0.25) is 9.59 Å². The Hall–Kier alpha value is -1.88. The first-order valence-electron chi connectivity index (χ1n) is 7.91. The molecule has 0 saturated carbocycles. The topological polar surface area (TPSA) is 76.6 Å². The summed E-state index contributed by atoms with van der Waals surface area (Å²) in [4.78, 5) is 24.9. The Morgan fingerprint density at radius 1 is 1.23 bits per heavy atom. The summed E-state index contributed by atoms with van der Waals surface area (Å²) < 4.78 is 0. The van der Waals surface area contributed by atoms with Gasteiger partial charge in [0, 0.05) is 24.4 Å². The lowest BCUT2D eigenvalue weighted by Gasteiger charge is -2.31. The number of likely N-dealkylation sites (tertiary alicyclic amines) is 1. The molecule has 1 aliphatic rings. The number of para-hydroxylation sites is 1. The molecule has 2 rings (SSSR count). The number of hydrogen-bond acceptors (Lipinski definition) is 2. The van der Waals surface area contributed by atoms with Crippen LogP contribution in [-0.2, 0) is 9.59 Å². The first kappa shape index (κ1) is 16.5. The lowest BCUT2D eigenvalue weighted by atomic mass is 9.95. The zero-order valence-corrected chi connectivity index (χ0v) is 13.6. The fraction of sp³-hybridized carbons (Fsp3) is 0.529. The third kappa shape index (κ3) is 3.65. The molecule has 1 atom stereocenters. The molecule has 5 nitrogen and oxygen atoms in total. The van der Waals surface area contributed by atoms with E-state index in [4.69, 9.17) is 5.73 Å². The monoisotopic (exact) mass is 304 g/mol. The van der Waals surface area contributed by atoms with Crippen molar-refractivity contribution in [3.05, 3.63) is 29.3 Å². The molecule has 1 aliphatic heterocycles. The zero-order valence-electron chi connectivity index (χ0n) is 13.6. The number of carbonyl (C=O) groups excluding carboxylic acids is 2. The van der Waals surface area contributed by atoms with Crippen LogP contribution in [0, 0.1) is 19.8 Å². The predicted molar refractivity (Wildman–Crippen MR) is 86.6 cm³/mol. The van der Waals surface area contributed by atoms with Crippen LogP contribution in [0.25, 0.3) is 0 Å². The highest BCUT2D eigenvalue weighted by atomic mass is 16.2. The van der Waals surface area contributed by atoms with E-state index in [1.54, 1.807) is 0 Å². The fourth-order valence-corrected chi connectivity index (χ4v) is 3.13. The SMILES string of the molecule is Cc1cccc(C)c1NC(=O)[C@@H](C)[NH+]1CCC(C(N)=O)CC1. The Bertz CT molecular complexity index is 543. The molecule has 0 bridgehead atoms. The van der Waals surface area contributed by atoms with Crippen LogP contribution in [0.15, 0.2) is 18.2 Å². The number of carbonyl (C=O) groups is 2. The van der Waals surface area contributed by atoms with Crippen molar-refractivity contribution in [1.82, 2.24) is 0 Å². The summed E-state index contributed by atoms with van der Waals surface area (Å²) in [6.45, 7) is 7.57. The first-order chi connectivity index (χ1) is 10.4. The van der Waals surface area contributed by atoms with E-state index < -0.39 is 0 Å². The van der Waals surface area contributed by atoms with Gasteiger partial charge in [-0.2, -0.15) is 0 Å². The minimum absolute atomic E-state index is 0.0300. The Labute approximate surface area is 131 Å². The molecule has 1 aromatic carbocycles. The summed E-state index contributed by atoms with van der Waals surface area (Å²) in [5.74, 6) is -0.214. The summed E-state index contributed by atoms with van der Waals surface area (Å²) in [5, 5.41) is 3.06. The second kappa shape index (κ2) is 6.92. The standard InChI is InChI=1S/C17H25N3O2/c1-11-5-4-6-12(2)15(11)19-17(22)13(3)20-9-7-14(8-10-20)16(18)21/h4-6,13-14H,7-10H2,1-3H3,(H2,18,21)(H,19,22)/p+1/t13-/m1/s1. The van der Waals surface area contributed by atoms with Crippen molar-refractivity contribution >= 4 is 17.5 Å². The van der Waals surface area contributed by atoms with Crippen molar-refractivity contribution in [2.75, 3.05) is 18.4 Å². The number of rotatable bonds is 4. The minimum Gasteiger partial charge on any atom is -0.369 e.